The van der Waals surface area contributed by atoms with Crippen molar-refractivity contribution in [3.63, 3.8) is 0 Å². The second-order valence-corrected chi connectivity index (χ2v) is 10.5. The molecule has 7 rings (SSSR count). The van der Waals surface area contributed by atoms with Crippen molar-refractivity contribution in [2.75, 3.05) is 4.90 Å². The molecule has 35 heavy (non-hydrogen) atoms. The van der Waals surface area contributed by atoms with Crippen LogP contribution in [-0.4, -0.2) is 22.8 Å². The van der Waals surface area contributed by atoms with Crippen molar-refractivity contribution in [1.29, 1.82) is 0 Å². The average molecular weight is 472 g/mol. The van der Waals surface area contributed by atoms with Crippen molar-refractivity contribution in [2.24, 2.45) is 17.8 Å². The number of nitrogens with one attached hydrogen (secondary N) is 1. The summed E-state index contributed by atoms with van der Waals surface area (Å²) in [7, 11) is 0. The van der Waals surface area contributed by atoms with Gasteiger partial charge in [0, 0.05) is 6.07 Å². The highest BCUT2D eigenvalue weighted by Crippen LogP contribution is 2.60. The van der Waals surface area contributed by atoms with E-state index in [1.165, 1.54) is 68.4 Å². The molecule has 0 spiro atoms. The summed E-state index contributed by atoms with van der Waals surface area (Å²) in [4.78, 5) is 50.0. The lowest BCUT2D eigenvalue weighted by Crippen LogP contribution is -2.54. The Morgan fingerprint density at radius 2 is 1.51 bits per heavy atom. The number of imide groups is 2. The third-order valence-corrected chi connectivity index (χ3v) is 8.31. The molecule has 4 amide bonds. The fraction of sp³-hybridized carbons (Fsp3) is 0.370. The predicted molar refractivity (Wildman–Crippen MR) is 128 cm³/mol. The lowest BCUT2D eigenvalue weighted by atomic mass is 9.48. The predicted octanol–water partition coefficient (Wildman–Crippen LogP) is 4.73. The van der Waals surface area contributed by atoms with E-state index in [1.807, 2.05) is 12.1 Å². The number of rotatable bonds is 4. The fourth-order valence-electron chi connectivity index (χ4n) is 7.25. The quantitative estimate of drug-likeness (QED) is 0.300. The first kappa shape index (κ1) is 21.7. The van der Waals surface area contributed by atoms with Crippen LogP contribution in [0.4, 0.5) is 16.2 Å². The number of urea groups is 1. The Labute approximate surface area is 202 Å². The zero-order valence-corrected chi connectivity index (χ0v) is 19.1. The van der Waals surface area contributed by atoms with Gasteiger partial charge in [-0.05, 0) is 91.5 Å². The van der Waals surface area contributed by atoms with Crippen LogP contribution in [0, 0.1) is 27.9 Å². The Morgan fingerprint density at radius 1 is 0.914 bits per heavy atom. The number of nitrogens with zero attached hydrogens (tertiary/aromatic N) is 2. The number of benzene rings is 2. The SMILES string of the molecule is O=C1NC(=O)N(c2ccc(C34CC5CC(CC(C5)C3)C4)cc2)C(=O)/C1=C/c1ccccc1[N+](=O)[O-]. The van der Waals surface area contributed by atoms with E-state index < -0.39 is 22.8 Å². The van der Waals surface area contributed by atoms with Crippen LogP contribution in [0.25, 0.3) is 6.08 Å². The van der Waals surface area contributed by atoms with E-state index >= 15 is 0 Å². The Balaban J connectivity index is 1.31. The van der Waals surface area contributed by atoms with Gasteiger partial charge >= 0.3 is 6.03 Å². The van der Waals surface area contributed by atoms with Crippen LogP contribution in [0.15, 0.2) is 54.1 Å². The second kappa shape index (κ2) is 7.86. The topological polar surface area (TPSA) is 110 Å². The molecule has 1 saturated heterocycles. The zero-order chi connectivity index (χ0) is 24.3. The molecule has 4 saturated carbocycles. The van der Waals surface area contributed by atoms with Gasteiger partial charge in [0.1, 0.15) is 5.57 Å². The van der Waals surface area contributed by atoms with Gasteiger partial charge < -0.3 is 0 Å². The number of carbonyl (C=O) groups excluding carboxylic acids is 3. The molecular formula is C27H25N3O5. The summed E-state index contributed by atoms with van der Waals surface area (Å²) in [6.45, 7) is 0. The normalized spacial score (nSPS) is 30.6. The molecule has 4 bridgehead atoms. The Morgan fingerprint density at radius 3 is 2.11 bits per heavy atom. The number of anilines is 1. The summed E-state index contributed by atoms with van der Waals surface area (Å²) in [6, 6.07) is 12.6. The van der Waals surface area contributed by atoms with Crippen molar-refractivity contribution in [3.05, 3.63) is 75.3 Å². The zero-order valence-electron chi connectivity index (χ0n) is 19.1. The van der Waals surface area contributed by atoms with Gasteiger partial charge in [0.05, 0.1) is 16.2 Å². The van der Waals surface area contributed by atoms with E-state index in [1.54, 1.807) is 18.2 Å². The summed E-state index contributed by atoms with van der Waals surface area (Å²) >= 11 is 0. The van der Waals surface area contributed by atoms with Crippen LogP contribution in [-0.2, 0) is 15.0 Å². The minimum atomic E-state index is -0.875. The first-order valence-corrected chi connectivity index (χ1v) is 12.1. The Hall–Kier alpha value is -3.81. The molecule has 1 heterocycles. The number of nitro groups is 1. The molecule has 2 aromatic rings. The van der Waals surface area contributed by atoms with Gasteiger partial charge in [0.15, 0.2) is 0 Å². The number of para-hydroxylation sites is 1. The largest absolute Gasteiger partial charge is 0.335 e. The fourth-order valence-corrected chi connectivity index (χ4v) is 7.25. The standard InChI is InChI=1S/C27H25N3O5/c31-24-22(12-19-3-1-2-4-23(19)30(34)35)25(32)29(26(33)28-24)21-7-5-20(6-8-21)27-13-16-9-17(14-27)11-18(10-16)15-27/h1-8,12,16-18H,9-11,13-15H2,(H,28,31,33)/b22-12+. The molecule has 0 atom stereocenters. The third-order valence-electron chi connectivity index (χ3n) is 8.31. The van der Waals surface area contributed by atoms with Crippen LogP contribution >= 0.6 is 0 Å². The van der Waals surface area contributed by atoms with Gasteiger partial charge in [-0.1, -0.05) is 24.3 Å². The summed E-state index contributed by atoms with van der Waals surface area (Å²) in [5.41, 5.74) is 1.36. The molecular weight excluding hydrogens is 446 g/mol. The molecule has 5 aliphatic rings. The van der Waals surface area contributed by atoms with Gasteiger partial charge in [0.25, 0.3) is 17.5 Å². The van der Waals surface area contributed by atoms with Crippen LogP contribution in [0.1, 0.15) is 49.7 Å². The average Bonchev–Trinajstić information content (AvgIpc) is 2.81. The molecule has 5 fully saturated rings. The first-order chi connectivity index (χ1) is 16.8. The van der Waals surface area contributed by atoms with Crippen LogP contribution in [0.2, 0.25) is 0 Å². The van der Waals surface area contributed by atoms with Crippen LogP contribution < -0.4 is 10.2 Å². The molecule has 0 aromatic heterocycles. The third kappa shape index (κ3) is 3.55. The van der Waals surface area contributed by atoms with Crippen molar-refractivity contribution >= 4 is 35.3 Å². The summed E-state index contributed by atoms with van der Waals surface area (Å²) in [5.74, 6) is 0.724. The lowest BCUT2D eigenvalue weighted by molar-refractivity contribution is -0.385. The van der Waals surface area contributed by atoms with Gasteiger partial charge in [-0.3, -0.25) is 25.0 Å². The molecule has 2 aromatic carbocycles. The van der Waals surface area contributed by atoms with Crippen LogP contribution in [0.3, 0.4) is 0 Å². The molecule has 178 valence electrons. The van der Waals surface area contributed by atoms with E-state index in [0.717, 1.165) is 22.7 Å². The summed E-state index contributed by atoms with van der Waals surface area (Å²) in [6.07, 6.45) is 8.84. The molecule has 4 aliphatic carbocycles. The van der Waals surface area contributed by atoms with Gasteiger partial charge in [0.2, 0.25) is 0 Å². The maximum Gasteiger partial charge on any atom is 0.335 e. The highest BCUT2D eigenvalue weighted by atomic mass is 16.6. The Kier molecular flexibility index (Phi) is 4.88. The van der Waals surface area contributed by atoms with Crippen molar-refractivity contribution in [2.45, 2.75) is 43.9 Å². The number of carbonyl (C=O) groups is 3. The summed E-state index contributed by atoms with van der Waals surface area (Å²) < 4.78 is 0. The van der Waals surface area contributed by atoms with Gasteiger partial charge in [-0.2, -0.15) is 0 Å². The molecule has 0 unspecified atom stereocenters. The highest BCUT2D eigenvalue weighted by molar-refractivity contribution is 6.39. The summed E-state index contributed by atoms with van der Waals surface area (Å²) in [5, 5.41) is 13.5. The number of barbiturate groups is 1. The molecule has 8 nitrogen and oxygen atoms in total. The van der Waals surface area contributed by atoms with Crippen LogP contribution in [0.5, 0.6) is 0 Å². The minimum Gasteiger partial charge on any atom is -0.273 e. The number of hydrogen-bond acceptors (Lipinski definition) is 5. The van der Waals surface area contributed by atoms with Crippen molar-refractivity contribution in [1.82, 2.24) is 5.32 Å². The van der Waals surface area contributed by atoms with Crippen molar-refractivity contribution < 1.29 is 19.3 Å². The molecule has 1 aliphatic heterocycles. The smallest absolute Gasteiger partial charge is 0.273 e. The molecule has 8 heteroatoms. The molecule has 0 radical (unpaired) electrons. The lowest BCUT2D eigenvalue weighted by Gasteiger charge is -2.57. The minimum absolute atomic E-state index is 0.113. The second-order valence-electron chi connectivity index (χ2n) is 10.5. The van der Waals surface area contributed by atoms with E-state index in [9.17, 15) is 24.5 Å². The highest BCUT2D eigenvalue weighted by Gasteiger charge is 2.51. The molecule has 1 N–H and O–H groups in total. The van der Waals surface area contributed by atoms with E-state index in [2.05, 4.69) is 5.32 Å². The van der Waals surface area contributed by atoms with Gasteiger partial charge in [-0.15, -0.1) is 0 Å². The monoisotopic (exact) mass is 471 g/mol. The number of amides is 4. The van der Waals surface area contributed by atoms with E-state index in [-0.39, 0.29) is 22.2 Å². The number of nitro benzene ring substituents is 1. The van der Waals surface area contributed by atoms with Gasteiger partial charge in [-0.25, -0.2) is 9.69 Å². The maximum absolute atomic E-state index is 13.2. The van der Waals surface area contributed by atoms with Crippen molar-refractivity contribution in [3.8, 4) is 0 Å². The number of hydrogen-bond donors (Lipinski definition) is 1. The van der Waals surface area contributed by atoms with E-state index in [0.29, 0.717) is 5.69 Å². The maximum atomic E-state index is 13.2. The Bertz CT molecular complexity index is 1260. The van der Waals surface area contributed by atoms with E-state index in [4.69, 9.17) is 0 Å². The first-order valence-electron chi connectivity index (χ1n) is 12.1.